The molecule has 1 unspecified atom stereocenters. The van der Waals surface area contributed by atoms with Crippen molar-refractivity contribution in [2.75, 3.05) is 29.2 Å². The first kappa shape index (κ1) is 12.1. The van der Waals surface area contributed by atoms with Gasteiger partial charge >= 0.3 is 0 Å². The molecule has 1 saturated heterocycles. The highest BCUT2D eigenvalue weighted by atomic mass is 32.2. The largest absolute Gasteiger partial charge is 0.373 e. The van der Waals surface area contributed by atoms with Gasteiger partial charge in [0.1, 0.15) is 18.0 Å². The van der Waals surface area contributed by atoms with Gasteiger partial charge in [-0.25, -0.2) is 18.4 Å². The Kier molecular flexibility index (Phi) is 3.46. The summed E-state index contributed by atoms with van der Waals surface area (Å²) < 4.78 is 23.0. The molecular formula is C10H16N4O2S. The van der Waals surface area contributed by atoms with Crippen LogP contribution in [0.1, 0.15) is 12.8 Å². The molecule has 1 aromatic heterocycles. The Hall–Kier alpha value is -1.37. The van der Waals surface area contributed by atoms with E-state index in [-0.39, 0.29) is 11.8 Å². The highest BCUT2D eigenvalue weighted by Crippen LogP contribution is 2.17. The van der Waals surface area contributed by atoms with Gasteiger partial charge in [0.2, 0.25) is 0 Å². The van der Waals surface area contributed by atoms with Crippen LogP contribution in [0.2, 0.25) is 0 Å². The summed E-state index contributed by atoms with van der Waals surface area (Å²) in [5.74, 6) is 1.86. The van der Waals surface area contributed by atoms with E-state index in [9.17, 15) is 8.42 Å². The van der Waals surface area contributed by atoms with Crippen LogP contribution < -0.4 is 10.6 Å². The standard InChI is InChI=1S/C10H16N4O2S/c1-11-9-5-10(13-7-12-9)14-8-3-2-4-17(15,16)6-8/h5,7-8H,2-4,6H2,1H3,(H2,11,12,13,14). The Labute approximate surface area is 101 Å². The molecule has 0 aliphatic carbocycles. The Morgan fingerprint density at radius 2 is 2.12 bits per heavy atom. The van der Waals surface area contributed by atoms with Crippen LogP contribution in [0.15, 0.2) is 12.4 Å². The van der Waals surface area contributed by atoms with E-state index in [0.29, 0.717) is 23.8 Å². The van der Waals surface area contributed by atoms with E-state index < -0.39 is 9.84 Å². The van der Waals surface area contributed by atoms with Gasteiger partial charge in [0.25, 0.3) is 0 Å². The van der Waals surface area contributed by atoms with E-state index >= 15 is 0 Å². The van der Waals surface area contributed by atoms with Crippen LogP contribution in [0.4, 0.5) is 11.6 Å². The number of sulfone groups is 1. The summed E-state index contributed by atoms with van der Waals surface area (Å²) in [5.41, 5.74) is 0. The van der Waals surface area contributed by atoms with E-state index in [1.807, 2.05) is 0 Å². The van der Waals surface area contributed by atoms with Crippen LogP contribution in [0.3, 0.4) is 0 Å². The number of nitrogens with one attached hydrogen (secondary N) is 2. The molecule has 2 heterocycles. The smallest absolute Gasteiger partial charge is 0.152 e. The molecule has 0 saturated carbocycles. The minimum Gasteiger partial charge on any atom is -0.373 e. The van der Waals surface area contributed by atoms with Gasteiger partial charge < -0.3 is 10.6 Å². The molecule has 0 amide bonds. The maximum Gasteiger partial charge on any atom is 0.152 e. The molecule has 6 nitrogen and oxygen atoms in total. The molecule has 2 N–H and O–H groups in total. The predicted octanol–water partition coefficient (Wildman–Crippen LogP) is 0.507. The van der Waals surface area contributed by atoms with Crippen molar-refractivity contribution in [2.24, 2.45) is 0 Å². The van der Waals surface area contributed by atoms with E-state index in [2.05, 4.69) is 20.6 Å². The van der Waals surface area contributed by atoms with Crippen LogP contribution in [0, 0.1) is 0 Å². The molecule has 0 bridgehead atoms. The van der Waals surface area contributed by atoms with Gasteiger partial charge in [0, 0.05) is 19.2 Å². The maximum absolute atomic E-state index is 11.5. The van der Waals surface area contributed by atoms with Gasteiger partial charge in [-0.1, -0.05) is 0 Å². The number of rotatable bonds is 3. The average Bonchev–Trinajstić information content (AvgIpc) is 2.28. The van der Waals surface area contributed by atoms with Gasteiger partial charge in [-0.05, 0) is 12.8 Å². The topological polar surface area (TPSA) is 84.0 Å². The van der Waals surface area contributed by atoms with Crippen molar-refractivity contribution < 1.29 is 8.42 Å². The maximum atomic E-state index is 11.5. The van der Waals surface area contributed by atoms with Crippen molar-refractivity contribution in [1.82, 2.24) is 9.97 Å². The third-order valence-electron chi connectivity index (χ3n) is 2.74. The second-order valence-electron chi connectivity index (χ2n) is 4.14. The predicted molar refractivity (Wildman–Crippen MR) is 66.9 cm³/mol. The molecule has 1 aromatic rings. The summed E-state index contributed by atoms with van der Waals surface area (Å²) in [7, 11) is -1.11. The molecule has 17 heavy (non-hydrogen) atoms. The quantitative estimate of drug-likeness (QED) is 0.819. The highest BCUT2D eigenvalue weighted by Gasteiger charge is 2.24. The first-order chi connectivity index (χ1) is 8.09. The van der Waals surface area contributed by atoms with E-state index in [1.54, 1.807) is 13.1 Å². The van der Waals surface area contributed by atoms with E-state index in [0.717, 1.165) is 6.42 Å². The first-order valence-electron chi connectivity index (χ1n) is 5.56. The molecule has 1 fully saturated rings. The molecule has 0 spiro atoms. The zero-order chi connectivity index (χ0) is 12.3. The second kappa shape index (κ2) is 4.87. The summed E-state index contributed by atoms with van der Waals surface area (Å²) in [4.78, 5) is 8.07. The molecule has 1 atom stereocenters. The fourth-order valence-electron chi connectivity index (χ4n) is 1.92. The fraction of sp³-hybridized carbons (Fsp3) is 0.600. The van der Waals surface area contributed by atoms with Crippen LogP contribution in [-0.2, 0) is 9.84 Å². The van der Waals surface area contributed by atoms with Crippen molar-refractivity contribution >= 4 is 21.5 Å². The SMILES string of the molecule is CNc1cc(NC2CCCS(=O)(=O)C2)ncn1. The highest BCUT2D eigenvalue weighted by molar-refractivity contribution is 7.91. The lowest BCUT2D eigenvalue weighted by atomic mass is 10.2. The number of hydrogen-bond donors (Lipinski definition) is 2. The summed E-state index contributed by atoms with van der Waals surface area (Å²) in [6.45, 7) is 0. The number of anilines is 2. The van der Waals surface area contributed by atoms with Crippen molar-refractivity contribution in [1.29, 1.82) is 0 Å². The van der Waals surface area contributed by atoms with Crippen molar-refractivity contribution in [2.45, 2.75) is 18.9 Å². The lowest BCUT2D eigenvalue weighted by molar-refractivity contribution is 0.561. The molecular weight excluding hydrogens is 240 g/mol. The van der Waals surface area contributed by atoms with Crippen LogP contribution in [0.25, 0.3) is 0 Å². The lowest BCUT2D eigenvalue weighted by Gasteiger charge is -2.23. The summed E-state index contributed by atoms with van der Waals surface area (Å²) >= 11 is 0. The Morgan fingerprint density at radius 1 is 1.35 bits per heavy atom. The monoisotopic (exact) mass is 256 g/mol. The van der Waals surface area contributed by atoms with Gasteiger partial charge in [-0.15, -0.1) is 0 Å². The minimum absolute atomic E-state index is 0.0478. The van der Waals surface area contributed by atoms with Crippen molar-refractivity contribution in [3.05, 3.63) is 12.4 Å². The molecule has 0 aromatic carbocycles. The van der Waals surface area contributed by atoms with Gasteiger partial charge in [0.05, 0.1) is 11.5 Å². The molecule has 0 radical (unpaired) electrons. The first-order valence-corrected chi connectivity index (χ1v) is 7.38. The molecule has 1 aliphatic rings. The summed E-state index contributed by atoms with van der Waals surface area (Å²) in [6, 6.07) is 1.72. The number of aromatic nitrogens is 2. The van der Waals surface area contributed by atoms with E-state index in [1.165, 1.54) is 6.33 Å². The molecule has 1 aliphatic heterocycles. The third-order valence-corrected chi connectivity index (χ3v) is 4.56. The normalized spacial score (nSPS) is 23.0. The van der Waals surface area contributed by atoms with Crippen LogP contribution >= 0.6 is 0 Å². The van der Waals surface area contributed by atoms with Crippen molar-refractivity contribution in [3.8, 4) is 0 Å². The molecule has 94 valence electrons. The van der Waals surface area contributed by atoms with Crippen molar-refractivity contribution in [3.63, 3.8) is 0 Å². The zero-order valence-corrected chi connectivity index (χ0v) is 10.5. The third kappa shape index (κ3) is 3.29. The van der Waals surface area contributed by atoms with Crippen LogP contribution in [-0.4, -0.2) is 43.0 Å². The Balaban J connectivity index is 2.05. The van der Waals surface area contributed by atoms with E-state index in [4.69, 9.17) is 0 Å². The van der Waals surface area contributed by atoms with Gasteiger partial charge in [-0.2, -0.15) is 0 Å². The molecule has 2 rings (SSSR count). The second-order valence-corrected chi connectivity index (χ2v) is 6.37. The summed E-state index contributed by atoms with van der Waals surface area (Å²) in [6.07, 6.45) is 3.02. The average molecular weight is 256 g/mol. The summed E-state index contributed by atoms with van der Waals surface area (Å²) in [5, 5.41) is 6.05. The fourth-order valence-corrected chi connectivity index (χ4v) is 3.55. The van der Waals surface area contributed by atoms with Gasteiger partial charge in [0.15, 0.2) is 9.84 Å². The Morgan fingerprint density at radius 3 is 2.82 bits per heavy atom. The number of nitrogens with zero attached hydrogens (tertiary/aromatic N) is 2. The molecule has 7 heteroatoms. The van der Waals surface area contributed by atoms with Crippen LogP contribution in [0.5, 0.6) is 0 Å². The number of hydrogen-bond acceptors (Lipinski definition) is 6. The Bertz CT molecular complexity index is 489. The van der Waals surface area contributed by atoms with Gasteiger partial charge in [-0.3, -0.25) is 0 Å². The minimum atomic E-state index is -2.89. The lowest BCUT2D eigenvalue weighted by Crippen LogP contribution is -2.35. The zero-order valence-electron chi connectivity index (χ0n) is 9.68.